The van der Waals surface area contributed by atoms with Crippen LogP contribution in [0, 0.1) is 12.8 Å². The summed E-state index contributed by atoms with van der Waals surface area (Å²) in [6.45, 7) is 1.99. The molecule has 7 heteroatoms. The Kier molecular flexibility index (Phi) is 6.20. The molecule has 1 saturated heterocycles. The minimum absolute atomic E-state index is 0.234. The number of hydrogen-bond acceptors (Lipinski definition) is 6. The first kappa shape index (κ1) is 26.7. The highest BCUT2D eigenvalue weighted by Gasteiger charge is 2.70. The second-order valence-electron chi connectivity index (χ2n) is 11.2. The van der Waals surface area contributed by atoms with Crippen LogP contribution in [0.25, 0.3) is 6.08 Å². The summed E-state index contributed by atoms with van der Waals surface area (Å²) >= 11 is 0. The third-order valence-corrected chi connectivity index (χ3v) is 9.07. The van der Waals surface area contributed by atoms with Crippen molar-refractivity contribution in [2.24, 2.45) is 5.92 Å². The van der Waals surface area contributed by atoms with Gasteiger partial charge in [0.05, 0.1) is 31.7 Å². The van der Waals surface area contributed by atoms with Gasteiger partial charge in [-0.3, -0.25) is 14.4 Å². The van der Waals surface area contributed by atoms with Crippen LogP contribution in [-0.2, 0) is 10.2 Å². The molecule has 214 valence electrons. The first-order valence-corrected chi connectivity index (χ1v) is 14.2. The van der Waals surface area contributed by atoms with Gasteiger partial charge in [0.25, 0.3) is 0 Å². The van der Waals surface area contributed by atoms with Crippen molar-refractivity contribution < 1.29 is 23.9 Å². The van der Waals surface area contributed by atoms with E-state index in [0.717, 1.165) is 16.8 Å². The third-order valence-electron chi connectivity index (χ3n) is 9.07. The van der Waals surface area contributed by atoms with E-state index in [9.17, 15) is 9.59 Å². The minimum atomic E-state index is -1.41. The van der Waals surface area contributed by atoms with Crippen LogP contribution < -0.4 is 19.7 Å². The van der Waals surface area contributed by atoms with Gasteiger partial charge in [-0.15, -0.1) is 0 Å². The van der Waals surface area contributed by atoms with Crippen molar-refractivity contribution in [2.45, 2.75) is 24.4 Å². The molecule has 1 amide bonds. The Morgan fingerprint density at radius 3 is 2.40 bits per heavy atom. The molecule has 0 saturated carbocycles. The standard InChI is InChI=1S/C36H30N2O5/c1-21-13-14-22-15-18-30-36(26-11-7-8-12-27(26)37-35(36)41)31(34(40)25-20-24(42-2)16-17-29(25)43-3)32(38(30)28(22)19-21)33(39)23-9-5-4-6-10-23/h4-20,30-32H,1-3H3,(H,37,41)/t30-,31+,32+,36-/m1/s1. The molecule has 7 nitrogen and oxygen atoms in total. The molecule has 3 aliphatic heterocycles. The van der Waals surface area contributed by atoms with Gasteiger partial charge in [-0.1, -0.05) is 72.8 Å². The number of nitrogens with one attached hydrogen (secondary N) is 1. The molecule has 1 spiro atoms. The zero-order chi connectivity index (χ0) is 29.9. The van der Waals surface area contributed by atoms with Crippen molar-refractivity contribution in [2.75, 3.05) is 24.4 Å². The molecule has 4 aromatic rings. The fraction of sp³-hybridized carbons (Fsp3) is 0.194. The highest BCUT2D eigenvalue weighted by Crippen LogP contribution is 2.58. The van der Waals surface area contributed by atoms with Crippen molar-refractivity contribution in [3.63, 3.8) is 0 Å². The topological polar surface area (TPSA) is 84.9 Å². The highest BCUT2D eigenvalue weighted by atomic mass is 16.5. The monoisotopic (exact) mass is 570 g/mol. The van der Waals surface area contributed by atoms with E-state index in [1.165, 1.54) is 14.2 Å². The molecule has 0 radical (unpaired) electrons. The molecule has 4 atom stereocenters. The summed E-state index contributed by atoms with van der Waals surface area (Å²) < 4.78 is 11.1. The molecular formula is C36H30N2O5. The van der Waals surface area contributed by atoms with E-state index in [0.29, 0.717) is 28.3 Å². The number of amides is 1. The predicted octanol–water partition coefficient (Wildman–Crippen LogP) is 5.87. The van der Waals surface area contributed by atoms with Crippen LogP contribution in [0.1, 0.15) is 37.4 Å². The maximum atomic E-state index is 15.2. The Morgan fingerprint density at radius 2 is 1.63 bits per heavy atom. The molecule has 43 heavy (non-hydrogen) atoms. The number of hydrogen-bond donors (Lipinski definition) is 1. The van der Waals surface area contributed by atoms with Gasteiger partial charge < -0.3 is 19.7 Å². The fourth-order valence-corrected chi connectivity index (χ4v) is 7.22. The number of aryl methyl sites for hydroxylation is 1. The SMILES string of the molecule is COc1ccc(OC)c(C(=O)[C@@H]2[C@@H](C(=O)c3ccccc3)N3c4cc(C)ccc4C=C[C@@H]3[C@@]23C(=O)Nc2ccccc23)c1. The quantitative estimate of drug-likeness (QED) is 0.292. The molecule has 3 heterocycles. The van der Waals surface area contributed by atoms with Crippen LogP contribution in [0.2, 0.25) is 0 Å². The molecule has 0 unspecified atom stereocenters. The van der Waals surface area contributed by atoms with Crippen molar-refractivity contribution >= 4 is 34.9 Å². The average Bonchev–Trinajstić information content (AvgIpc) is 3.52. The Hall–Kier alpha value is -5.17. The summed E-state index contributed by atoms with van der Waals surface area (Å²) in [5, 5.41) is 3.07. The van der Waals surface area contributed by atoms with Crippen molar-refractivity contribution in [3.05, 3.63) is 125 Å². The molecule has 1 fully saturated rings. The molecular weight excluding hydrogens is 540 g/mol. The Balaban J connectivity index is 1.56. The molecule has 0 aliphatic carbocycles. The maximum Gasteiger partial charge on any atom is 0.238 e. The van der Waals surface area contributed by atoms with Gasteiger partial charge in [0.2, 0.25) is 5.91 Å². The van der Waals surface area contributed by atoms with E-state index in [2.05, 4.69) is 5.32 Å². The second kappa shape index (κ2) is 9.98. The van der Waals surface area contributed by atoms with Gasteiger partial charge >= 0.3 is 0 Å². The molecule has 0 bridgehead atoms. The number of fused-ring (bicyclic) bond motifs is 6. The smallest absolute Gasteiger partial charge is 0.238 e. The first-order chi connectivity index (χ1) is 20.9. The van der Waals surface area contributed by atoms with E-state index in [-0.39, 0.29) is 23.0 Å². The summed E-state index contributed by atoms with van der Waals surface area (Å²) in [4.78, 5) is 46.5. The van der Waals surface area contributed by atoms with E-state index < -0.39 is 23.4 Å². The van der Waals surface area contributed by atoms with E-state index in [1.54, 1.807) is 30.3 Å². The average molecular weight is 571 g/mol. The van der Waals surface area contributed by atoms with Crippen LogP contribution >= 0.6 is 0 Å². The number of carbonyl (C=O) groups excluding carboxylic acids is 3. The van der Waals surface area contributed by atoms with Crippen LogP contribution in [0.4, 0.5) is 11.4 Å². The number of benzene rings is 4. The lowest BCUT2D eigenvalue weighted by Crippen LogP contribution is -2.51. The van der Waals surface area contributed by atoms with Gasteiger partial charge in [-0.25, -0.2) is 0 Å². The lowest BCUT2D eigenvalue weighted by atomic mass is 9.64. The first-order valence-electron chi connectivity index (χ1n) is 14.2. The Bertz CT molecular complexity index is 1830. The zero-order valence-electron chi connectivity index (χ0n) is 24.0. The van der Waals surface area contributed by atoms with E-state index >= 15 is 4.79 Å². The van der Waals surface area contributed by atoms with Gasteiger partial charge in [-0.05, 0) is 53.9 Å². The highest BCUT2D eigenvalue weighted by molar-refractivity contribution is 6.19. The number of anilines is 2. The molecule has 7 rings (SSSR count). The number of Topliss-reactive ketones (excluding diaryl/α,β-unsaturated/α-hetero) is 2. The van der Waals surface area contributed by atoms with Crippen LogP contribution in [0.15, 0.2) is 97.1 Å². The van der Waals surface area contributed by atoms with Crippen LogP contribution in [0.5, 0.6) is 11.5 Å². The zero-order valence-corrected chi connectivity index (χ0v) is 24.0. The van der Waals surface area contributed by atoms with E-state index in [1.807, 2.05) is 84.6 Å². The normalized spacial score (nSPS) is 22.9. The largest absolute Gasteiger partial charge is 0.497 e. The summed E-state index contributed by atoms with van der Waals surface area (Å²) in [6, 6.07) is 25.9. The van der Waals surface area contributed by atoms with Crippen molar-refractivity contribution in [1.29, 1.82) is 0 Å². The maximum absolute atomic E-state index is 15.2. The molecule has 1 N–H and O–H groups in total. The summed E-state index contributed by atoms with van der Waals surface area (Å²) in [6.07, 6.45) is 3.97. The number of rotatable bonds is 6. The third kappa shape index (κ3) is 3.77. The van der Waals surface area contributed by atoms with Crippen LogP contribution in [0.3, 0.4) is 0 Å². The number of carbonyl (C=O) groups is 3. The summed E-state index contributed by atoms with van der Waals surface area (Å²) in [5.74, 6) is -1.21. The predicted molar refractivity (Wildman–Crippen MR) is 165 cm³/mol. The lowest BCUT2D eigenvalue weighted by molar-refractivity contribution is -0.121. The van der Waals surface area contributed by atoms with E-state index in [4.69, 9.17) is 9.47 Å². The fourth-order valence-electron chi connectivity index (χ4n) is 7.22. The van der Waals surface area contributed by atoms with Crippen molar-refractivity contribution in [1.82, 2.24) is 0 Å². The number of methoxy groups -OCH3 is 2. The van der Waals surface area contributed by atoms with Crippen molar-refractivity contribution in [3.8, 4) is 11.5 Å². The number of nitrogens with zero attached hydrogens (tertiary/aromatic N) is 1. The minimum Gasteiger partial charge on any atom is -0.497 e. The Morgan fingerprint density at radius 1 is 0.860 bits per heavy atom. The van der Waals surface area contributed by atoms with Gasteiger partial charge in [0.15, 0.2) is 11.6 Å². The van der Waals surface area contributed by atoms with Gasteiger partial charge in [-0.2, -0.15) is 0 Å². The molecule has 4 aromatic carbocycles. The number of ether oxygens (including phenoxy) is 2. The summed E-state index contributed by atoms with van der Waals surface area (Å²) in [7, 11) is 3.03. The number of ketones is 2. The van der Waals surface area contributed by atoms with Crippen LogP contribution in [-0.4, -0.2) is 43.8 Å². The second-order valence-corrected chi connectivity index (χ2v) is 11.2. The summed E-state index contributed by atoms with van der Waals surface area (Å²) in [5.41, 5.74) is 3.38. The molecule has 3 aliphatic rings. The van der Waals surface area contributed by atoms with Gasteiger partial charge in [0, 0.05) is 16.9 Å². The number of para-hydroxylation sites is 1. The molecule has 0 aromatic heterocycles. The lowest BCUT2D eigenvalue weighted by Gasteiger charge is -2.37. The Labute approximate surface area is 249 Å². The van der Waals surface area contributed by atoms with Gasteiger partial charge in [0.1, 0.15) is 23.0 Å².